The highest BCUT2D eigenvalue weighted by atomic mass is 35.5. The van der Waals surface area contributed by atoms with E-state index in [-0.39, 0.29) is 12.0 Å². The second-order valence-electron chi connectivity index (χ2n) is 6.00. The van der Waals surface area contributed by atoms with Crippen molar-refractivity contribution < 1.29 is 9.29 Å². The quantitative estimate of drug-likeness (QED) is 0.824. The van der Waals surface area contributed by atoms with Crippen LogP contribution in [0, 0.1) is 6.92 Å². The van der Waals surface area contributed by atoms with Gasteiger partial charge in [0.2, 0.25) is 5.95 Å². The topological polar surface area (TPSA) is 87.3 Å². The number of nitrogens with two attached hydrogens (primary N) is 1. The molecule has 6 nitrogen and oxygen atoms in total. The van der Waals surface area contributed by atoms with Crippen LogP contribution < -0.4 is 10.6 Å². The van der Waals surface area contributed by atoms with Crippen LogP contribution in [0.15, 0.2) is 29.2 Å². The maximum atomic E-state index is 11.9. The Hall–Kier alpha value is -1.54. The maximum absolute atomic E-state index is 11.9. The standard InChI is InChI=1S/C17H21ClN4O2S/c1-11-8-16(21-17(19)20-11)22-6-3-7-24-10-15(22)13-9-12(25(2)23)4-5-14(13)18/h4-5,8-9,15H,3,6-7,10H2,1-2H3,(H2,19,20,21)/t15-,25+/m1/s1. The summed E-state index contributed by atoms with van der Waals surface area (Å²) < 4.78 is 17.7. The minimum atomic E-state index is -1.08. The van der Waals surface area contributed by atoms with Gasteiger partial charge in [0.1, 0.15) is 12.1 Å². The van der Waals surface area contributed by atoms with Gasteiger partial charge in [-0.05, 0) is 36.7 Å². The zero-order chi connectivity index (χ0) is 18.0. The normalized spacial score (nSPS) is 19.5. The van der Waals surface area contributed by atoms with E-state index in [9.17, 15) is 4.55 Å². The average Bonchev–Trinajstić information content (AvgIpc) is 2.80. The minimum Gasteiger partial charge on any atom is -0.612 e. The second kappa shape index (κ2) is 7.78. The molecule has 1 fully saturated rings. The molecule has 0 aliphatic carbocycles. The molecule has 0 amide bonds. The van der Waals surface area contributed by atoms with E-state index in [1.54, 1.807) is 18.4 Å². The van der Waals surface area contributed by atoms with E-state index in [1.807, 2.05) is 19.1 Å². The van der Waals surface area contributed by atoms with Crippen molar-refractivity contribution in [2.45, 2.75) is 24.3 Å². The minimum absolute atomic E-state index is 0.132. The third-order valence-electron chi connectivity index (χ3n) is 4.15. The molecular weight excluding hydrogens is 360 g/mol. The lowest BCUT2D eigenvalue weighted by Crippen LogP contribution is -2.32. The Kier molecular flexibility index (Phi) is 5.68. The van der Waals surface area contributed by atoms with Gasteiger partial charge in [0.05, 0.1) is 12.6 Å². The summed E-state index contributed by atoms with van der Waals surface area (Å²) in [5.41, 5.74) is 7.52. The van der Waals surface area contributed by atoms with Crippen LogP contribution in [0.2, 0.25) is 5.02 Å². The molecule has 2 heterocycles. The molecule has 25 heavy (non-hydrogen) atoms. The number of aryl methyl sites for hydroxylation is 1. The van der Waals surface area contributed by atoms with Crippen molar-refractivity contribution in [3.63, 3.8) is 0 Å². The zero-order valence-corrected chi connectivity index (χ0v) is 15.8. The van der Waals surface area contributed by atoms with Gasteiger partial charge in [-0.15, -0.1) is 0 Å². The zero-order valence-electron chi connectivity index (χ0n) is 14.2. The van der Waals surface area contributed by atoms with E-state index >= 15 is 0 Å². The summed E-state index contributed by atoms with van der Waals surface area (Å²) in [5, 5.41) is 0.619. The predicted octanol–water partition coefficient (Wildman–Crippen LogP) is 2.73. The number of nitrogen functional groups attached to an aromatic ring is 1. The molecule has 134 valence electrons. The lowest BCUT2D eigenvalue weighted by molar-refractivity contribution is 0.134. The van der Waals surface area contributed by atoms with Crippen molar-refractivity contribution in [2.75, 3.05) is 36.6 Å². The molecule has 3 rings (SSSR count). The van der Waals surface area contributed by atoms with Crippen LogP contribution in [0.1, 0.15) is 23.7 Å². The van der Waals surface area contributed by atoms with Gasteiger partial charge in [-0.1, -0.05) is 11.6 Å². The van der Waals surface area contributed by atoms with Gasteiger partial charge >= 0.3 is 0 Å². The summed E-state index contributed by atoms with van der Waals surface area (Å²) in [6, 6.07) is 7.24. The van der Waals surface area contributed by atoms with Crippen LogP contribution in [0.5, 0.6) is 0 Å². The van der Waals surface area contributed by atoms with Crippen LogP contribution in [0.25, 0.3) is 0 Å². The number of anilines is 2. The molecule has 0 spiro atoms. The van der Waals surface area contributed by atoms with Crippen molar-refractivity contribution in [3.05, 3.63) is 40.5 Å². The number of benzene rings is 1. The fraction of sp³-hybridized carbons (Fsp3) is 0.412. The van der Waals surface area contributed by atoms with Crippen molar-refractivity contribution in [2.24, 2.45) is 0 Å². The number of aromatic nitrogens is 2. The number of nitrogens with zero attached hydrogens (tertiary/aromatic N) is 3. The van der Waals surface area contributed by atoms with Crippen molar-refractivity contribution in [3.8, 4) is 0 Å². The first-order valence-corrected chi connectivity index (χ1v) is 9.97. The Bertz CT molecular complexity index is 739. The second-order valence-corrected chi connectivity index (χ2v) is 7.79. The number of hydrogen-bond donors (Lipinski definition) is 1. The highest BCUT2D eigenvalue weighted by Crippen LogP contribution is 2.34. The third-order valence-corrected chi connectivity index (χ3v) is 5.41. The number of ether oxygens (including phenoxy) is 1. The molecule has 2 aromatic rings. The average molecular weight is 381 g/mol. The molecule has 1 aromatic carbocycles. The van der Waals surface area contributed by atoms with Crippen molar-refractivity contribution in [1.82, 2.24) is 9.97 Å². The van der Waals surface area contributed by atoms with E-state index in [1.165, 1.54) is 0 Å². The lowest BCUT2D eigenvalue weighted by atomic mass is 10.1. The first kappa shape index (κ1) is 18.3. The van der Waals surface area contributed by atoms with Gasteiger partial charge in [-0.3, -0.25) is 0 Å². The van der Waals surface area contributed by atoms with Gasteiger partial charge in [0.15, 0.2) is 4.90 Å². The first-order valence-electron chi connectivity index (χ1n) is 8.04. The Labute approximate surface area is 155 Å². The Balaban J connectivity index is 2.05. The Morgan fingerprint density at radius 3 is 2.88 bits per heavy atom. The van der Waals surface area contributed by atoms with E-state index in [0.717, 1.165) is 34.9 Å². The molecule has 1 aliphatic heterocycles. The van der Waals surface area contributed by atoms with Crippen molar-refractivity contribution >= 4 is 34.5 Å². The van der Waals surface area contributed by atoms with Crippen LogP contribution in [0.3, 0.4) is 0 Å². The molecular formula is C17H21ClN4O2S. The summed E-state index contributed by atoms with van der Waals surface area (Å²) in [6.07, 6.45) is 2.53. The first-order chi connectivity index (χ1) is 12.0. The summed E-state index contributed by atoms with van der Waals surface area (Å²) >= 11 is 5.38. The third kappa shape index (κ3) is 4.17. The summed E-state index contributed by atoms with van der Waals surface area (Å²) in [5.74, 6) is 0.994. The summed E-state index contributed by atoms with van der Waals surface area (Å²) in [4.78, 5) is 11.4. The van der Waals surface area contributed by atoms with Crippen LogP contribution in [-0.2, 0) is 15.9 Å². The number of rotatable bonds is 3. The molecule has 2 atom stereocenters. The molecule has 0 radical (unpaired) electrons. The highest BCUT2D eigenvalue weighted by Gasteiger charge is 2.28. The van der Waals surface area contributed by atoms with E-state index < -0.39 is 11.2 Å². The molecule has 1 saturated heterocycles. The molecule has 1 aromatic heterocycles. The molecule has 2 N–H and O–H groups in total. The van der Waals surface area contributed by atoms with Crippen LogP contribution in [0.4, 0.5) is 11.8 Å². The van der Waals surface area contributed by atoms with E-state index in [2.05, 4.69) is 14.9 Å². The molecule has 1 aliphatic rings. The van der Waals surface area contributed by atoms with E-state index in [4.69, 9.17) is 22.1 Å². The smallest absolute Gasteiger partial charge is 0.222 e. The number of halogens is 1. The van der Waals surface area contributed by atoms with Gasteiger partial charge in [0, 0.05) is 41.6 Å². The predicted molar refractivity (Wildman–Crippen MR) is 100 cm³/mol. The van der Waals surface area contributed by atoms with Gasteiger partial charge in [0.25, 0.3) is 0 Å². The van der Waals surface area contributed by atoms with Crippen molar-refractivity contribution in [1.29, 1.82) is 0 Å². The monoisotopic (exact) mass is 380 g/mol. The lowest BCUT2D eigenvalue weighted by Gasteiger charge is -2.31. The van der Waals surface area contributed by atoms with Gasteiger partial charge in [-0.2, -0.15) is 4.98 Å². The maximum Gasteiger partial charge on any atom is 0.222 e. The summed E-state index contributed by atoms with van der Waals surface area (Å²) in [7, 11) is 0. The summed E-state index contributed by atoms with van der Waals surface area (Å²) in [6.45, 7) is 3.79. The Morgan fingerprint density at radius 2 is 2.16 bits per heavy atom. The highest BCUT2D eigenvalue weighted by molar-refractivity contribution is 7.90. The molecule has 0 bridgehead atoms. The fourth-order valence-electron chi connectivity index (χ4n) is 2.99. The number of hydrogen-bond acceptors (Lipinski definition) is 6. The SMILES string of the molecule is Cc1cc(N2CCCOC[C@@H]2c2cc([S@+](C)[O-])ccc2Cl)nc(N)n1. The molecule has 0 saturated carbocycles. The Morgan fingerprint density at radius 1 is 1.36 bits per heavy atom. The molecule has 8 heteroatoms. The van der Waals surface area contributed by atoms with Crippen LogP contribution >= 0.6 is 11.6 Å². The van der Waals surface area contributed by atoms with Gasteiger partial charge < -0.3 is 19.9 Å². The van der Waals surface area contributed by atoms with Crippen LogP contribution in [-0.4, -0.2) is 40.5 Å². The largest absolute Gasteiger partial charge is 0.612 e. The molecule has 0 unspecified atom stereocenters. The fourth-order valence-corrected chi connectivity index (χ4v) is 3.78. The van der Waals surface area contributed by atoms with Gasteiger partial charge in [-0.25, -0.2) is 4.98 Å². The van der Waals surface area contributed by atoms with E-state index in [0.29, 0.717) is 18.2 Å².